The second-order valence-corrected chi connectivity index (χ2v) is 9.76. The van der Waals surface area contributed by atoms with Crippen LogP contribution < -0.4 is 9.62 Å². The van der Waals surface area contributed by atoms with E-state index in [0.717, 1.165) is 10.9 Å². The summed E-state index contributed by atoms with van der Waals surface area (Å²) in [5.41, 5.74) is 2.90. The Morgan fingerprint density at radius 2 is 1.81 bits per heavy atom. The first-order valence-corrected chi connectivity index (χ1v) is 11.8. The number of para-hydroxylation sites is 1. The molecule has 1 aliphatic rings. The minimum absolute atomic E-state index is 0.148. The average molecular weight is 465 g/mol. The summed E-state index contributed by atoms with van der Waals surface area (Å²) < 4.78 is 24.8. The first-order chi connectivity index (χ1) is 15.4. The van der Waals surface area contributed by atoms with Gasteiger partial charge in [-0.1, -0.05) is 29.8 Å². The Kier molecular flexibility index (Phi) is 5.03. The van der Waals surface area contributed by atoms with E-state index in [1.54, 1.807) is 48.7 Å². The molecule has 1 saturated heterocycles. The van der Waals surface area contributed by atoms with Crippen LogP contribution in [-0.4, -0.2) is 36.6 Å². The third kappa shape index (κ3) is 3.79. The van der Waals surface area contributed by atoms with Gasteiger partial charge in [0.1, 0.15) is 0 Å². The Morgan fingerprint density at radius 3 is 2.53 bits per heavy atom. The molecule has 0 unspecified atom stereocenters. The topological polar surface area (TPSA) is 92.3 Å². The van der Waals surface area contributed by atoms with Crippen LogP contribution in [0.15, 0.2) is 72.9 Å². The molecule has 2 heterocycles. The number of nitrogens with zero attached hydrogens (tertiary/aromatic N) is 3. The van der Waals surface area contributed by atoms with E-state index in [1.165, 1.54) is 4.31 Å². The van der Waals surface area contributed by atoms with Crippen molar-refractivity contribution in [3.63, 3.8) is 0 Å². The van der Waals surface area contributed by atoms with Crippen LogP contribution in [0, 0.1) is 0 Å². The smallest absolute Gasteiger partial charge is 0.255 e. The number of aromatic nitrogens is 2. The lowest BCUT2D eigenvalue weighted by molar-refractivity contribution is 0.102. The molecule has 4 aromatic rings. The monoisotopic (exact) mass is 464 g/mol. The van der Waals surface area contributed by atoms with Crippen molar-refractivity contribution in [2.45, 2.75) is 0 Å². The largest absolute Gasteiger partial charge is 0.322 e. The van der Waals surface area contributed by atoms with E-state index in [0.29, 0.717) is 39.9 Å². The predicted molar refractivity (Wildman–Crippen MR) is 126 cm³/mol. The molecule has 0 saturated carbocycles. The molecule has 1 fully saturated rings. The fourth-order valence-corrected chi connectivity index (χ4v) is 4.79. The van der Waals surface area contributed by atoms with Gasteiger partial charge in [-0.3, -0.25) is 9.10 Å². The third-order valence-electron chi connectivity index (χ3n) is 5.26. The Bertz CT molecular complexity index is 1460. The molecule has 1 amide bonds. The van der Waals surface area contributed by atoms with Crippen molar-refractivity contribution in [2.75, 3.05) is 21.9 Å². The molecule has 0 aliphatic carbocycles. The molecule has 32 heavy (non-hydrogen) atoms. The number of benzene rings is 3. The first-order valence-electron chi connectivity index (χ1n) is 9.84. The zero-order valence-corrected chi connectivity index (χ0v) is 18.3. The second kappa shape index (κ2) is 7.89. The molecule has 0 bridgehead atoms. The van der Waals surface area contributed by atoms with Crippen molar-refractivity contribution in [2.24, 2.45) is 0 Å². The molecule has 9 heteroatoms. The zero-order valence-electron chi connectivity index (χ0n) is 16.7. The van der Waals surface area contributed by atoms with E-state index in [9.17, 15) is 13.2 Å². The lowest BCUT2D eigenvalue weighted by atomic mass is 10.1. The second-order valence-electron chi connectivity index (χ2n) is 7.34. The zero-order chi connectivity index (χ0) is 22.3. The summed E-state index contributed by atoms with van der Waals surface area (Å²) in [4.78, 5) is 21.7. The van der Waals surface area contributed by atoms with Crippen LogP contribution in [0.5, 0.6) is 0 Å². The number of carbonyl (C=O) groups excluding carboxylic acids is 1. The molecule has 3 aromatic carbocycles. The summed E-state index contributed by atoms with van der Waals surface area (Å²) >= 11 is 6.38. The molecule has 7 nitrogen and oxygen atoms in total. The Labute approximate surface area is 189 Å². The van der Waals surface area contributed by atoms with Gasteiger partial charge in [0, 0.05) is 34.9 Å². The van der Waals surface area contributed by atoms with Gasteiger partial charge in [0.25, 0.3) is 5.91 Å². The molecule has 1 N–H and O–H groups in total. The lowest BCUT2D eigenvalue weighted by Gasteiger charge is -2.32. The number of hydrogen-bond donors (Lipinski definition) is 1. The van der Waals surface area contributed by atoms with E-state index in [-0.39, 0.29) is 11.7 Å². The van der Waals surface area contributed by atoms with Gasteiger partial charge >= 0.3 is 0 Å². The lowest BCUT2D eigenvalue weighted by Crippen LogP contribution is -2.47. The van der Waals surface area contributed by atoms with Gasteiger partial charge in [-0.25, -0.2) is 18.4 Å². The first kappa shape index (κ1) is 20.4. The van der Waals surface area contributed by atoms with Crippen molar-refractivity contribution in [3.8, 4) is 11.4 Å². The highest BCUT2D eigenvalue weighted by atomic mass is 35.5. The van der Waals surface area contributed by atoms with Crippen molar-refractivity contribution in [1.29, 1.82) is 0 Å². The maximum Gasteiger partial charge on any atom is 0.255 e. The summed E-state index contributed by atoms with van der Waals surface area (Å²) in [7, 11) is -3.20. The highest BCUT2D eigenvalue weighted by Gasteiger charge is 2.32. The van der Waals surface area contributed by atoms with Gasteiger partial charge in [0.05, 0.1) is 22.0 Å². The number of hydrogen-bond acceptors (Lipinski definition) is 5. The minimum atomic E-state index is -3.20. The normalized spacial score (nSPS) is 14.7. The SMILES string of the molecule is O=C(Nc1ccc(Cl)c(-c2ncc3ccccc3n2)c1)c1ccc(N2CCS2(=O)=O)cc1. The summed E-state index contributed by atoms with van der Waals surface area (Å²) in [6.07, 6.45) is 1.74. The van der Waals surface area contributed by atoms with Gasteiger partial charge in [-0.05, 0) is 48.5 Å². The number of nitrogens with one attached hydrogen (secondary N) is 1. The van der Waals surface area contributed by atoms with Crippen LogP contribution in [0.2, 0.25) is 5.02 Å². The number of amides is 1. The molecule has 0 radical (unpaired) electrons. The highest BCUT2D eigenvalue weighted by Crippen LogP contribution is 2.30. The van der Waals surface area contributed by atoms with Crippen LogP contribution in [0.1, 0.15) is 10.4 Å². The van der Waals surface area contributed by atoms with Crippen LogP contribution in [0.3, 0.4) is 0 Å². The maximum absolute atomic E-state index is 12.7. The molecule has 1 aliphatic heterocycles. The van der Waals surface area contributed by atoms with Crippen molar-refractivity contribution in [3.05, 3.63) is 83.5 Å². The molecule has 160 valence electrons. The van der Waals surface area contributed by atoms with E-state index in [4.69, 9.17) is 11.6 Å². The van der Waals surface area contributed by atoms with Crippen LogP contribution >= 0.6 is 11.6 Å². The molecule has 5 rings (SSSR count). The number of carbonyl (C=O) groups is 1. The summed E-state index contributed by atoms with van der Waals surface area (Å²) in [5, 5.41) is 4.23. The van der Waals surface area contributed by atoms with E-state index in [2.05, 4.69) is 15.3 Å². The average Bonchev–Trinajstić information content (AvgIpc) is 2.80. The Hall–Kier alpha value is -3.49. The van der Waals surface area contributed by atoms with Crippen LogP contribution in [0.4, 0.5) is 11.4 Å². The fraction of sp³-hybridized carbons (Fsp3) is 0.0870. The molecular weight excluding hydrogens is 448 g/mol. The minimum Gasteiger partial charge on any atom is -0.322 e. The highest BCUT2D eigenvalue weighted by molar-refractivity contribution is 7.94. The molecule has 0 spiro atoms. The number of sulfonamides is 1. The Morgan fingerprint density at radius 1 is 1.03 bits per heavy atom. The number of rotatable bonds is 4. The predicted octanol–water partition coefficient (Wildman–Crippen LogP) is 4.35. The number of anilines is 2. The van der Waals surface area contributed by atoms with Crippen LogP contribution in [-0.2, 0) is 10.0 Å². The third-order valence-corrected chi connectivity index (χ3v) is 7.35. The van der Waals surface area contributed by atoms with E-state index in [1.807, 2.05) is 24.3 Å². The Balaban J connectivity index is 1.38. The van der Waals surface area contributed by atoms with Crippen LogP contribution in [0.25, 0.3) is 22.3 Å². The van der Waals surface area contributed by atoms with E-state index < -0.39 is 10.0 Å². The summed E-state index contributed by atoms with van der Waals surface area (Å²) in [6.45, 7) is 0.457. The van der Waals surface area contributed by atoms with Gasteiger partial charge < -0.3 is 5.32 Å². The van der Waals surface area contributed by atoms with Crippen molar-refractivity contribution < 1.29 is 13.2 Å². The van der Waals surface area contributed by atoms with Gasteiger partial charge in [-0.2, -0.15) is 0 Å². The molecular formula is C23H17ClN4O3S. The summed E-state index contributed by atoms with van der Waals surface area (Å²) in [6, 6.07) is 19.2. The standard InChI is InChI=1S/C23H17ClN4O3S/c24-20-10-7-17(13-19(20)22-25-14-16-3-1-2-4-21(16)27-22)26-23(29)15-5-8-18(9-6-15)28-11-12-32(28,30)31/h1-10,13-14H,11-12H2,(H,26,29). The molecule has 0 atom stereocenters. The molecule has 1 aromatic heterocycles. The van der Waals surface area contributed by atoms with Crippen molar-refractivity contribution in [1.82, 2.24) is 9.97 Å². The fourth-order valence-electron chi connectivity index (χ4n) is 3.48. The quantitative estimate of drug-likeness (QED) is 0.484. The van der Waals surface area contributed by atoms with Gasteiger partial charge in [0.2, 0.25) is 10.0 Å². The number of fused-ring (bicyclic) bond motifs is 1. The van der Waals surface area contributed by atoms with Crippen molar-refractivity contribution >= 4 is 49.8 Å². The maximum atomic E-state index is 12.7. The van der Waals surface area contributed by atoms with E-state index >= 15 is 0 Å². The van der Waals surface area contributed by atoms with Gasteiger partial charge in [0.15, 0.2) is 5.82 Å². The van der Waals surface area contributed by atoms with Gasteiger partial charge in [-0.15, -0.1) is 0 Å². The summed E-state index contributed by atoms with van der Waals surface area (Å²) in [5.74, 6) is 0.287. The number of halogens is 1.